The van der Waals surface area contributed by atoms with Crippen LogP contribution in [-0.4, -0.2) is 12.1 Å². The second-order valence-corrected chi connectivity index (χ2v) is 6.64. The summed E-state index contributed by atoms with van der Waals surface area (Å²) in [6, 6.07) is 4.06. The minimum absolute atomic E-state index is 0.0191. The van der Waals surface area contributed by atoms with Gasteiger partial charge in [-0.3, -0.25) is 4.98 Å². The van der Waals surface area contributed by atoms with Crippen LogP contribution in [0, 0.1) is 11.8 Å². The Morgan fingerprint density at radius 1 is 1.23 bits per heavy atom. The molecule has 0 amide bonds. The van der Waals surface area contributed by atoms with E-state index in [9.17, 15) is 0 Å². The van der Waals surface area contributed by atoms with Crippen molar-refractivity contribution >= 4 is 0 Å². The Morgan fingerprint density at radius 2 is 2.05 bits per heavy atom. The van der Waals surface area contributed by atoms with Gasteiger partial charge in [0.1, 0.15) is 5.75 Å². The summed E-state index contributed by atoms with van der Waals surface area (Å²) in [5.41, 5.74) is 1.18. The molecule has 1 aromatic heterocycles. The van der Waals surface area contributed by atoms with Crippen molar-refractivity contribution in [3.63, 3.8) is 0 Å². The van der Waals surface area contributed by atoms with E-state index in [1.807, 2.05) is 12.3 Å². The largest absolute Gasteiger partial charge is 0.497 e. The van der Waals surface area contributed by atoms with Crippen molar-refractivity contribution in [2.75, 3.05) is 7.11 Å². The Balaban J connectivity index is 2.00. The van der Waals surface area contributed by atoms with Gasteiger partial charge in [0.05, 0.1) is 12.8 Å². The highest BCUT2D eigenvalue weighted by molar-refractivity contribution is 5.37. The highest BCUT2D eigenvalue weighted by Gasteiger charge is 2.42. The zero-order valence-corrected chi connectivity index (χ0v) is 13.8. The molecule has 0 bridgehead atoms. The fourth-order valence-electron chi connectivity index (χ4n) is 4.35. The van der Waals surface area contributed by atoms with E-state index in [1.165, 1.54) is 32.1 Å². The van der Waals surface area contributed by atoms with Gasteiger partial charge in [0, 0.05) is 17.7 Å². The maximum atomic E-state index is 5.43. The summed E-state index contributed by atoms with van der Waals surface area (Å²) in [5.74, 6) is 2.24. The van der Waals surface area contributed by atoms with Crippen molar-refractivity contribution in [3.05, 3.63) is 48.3 Å². The Labute approximate surface area is 134 Å². The van der Waals surface area contributed by atoms with E-state index in [0.29, 0.717) is 5.92 Å². The molecular weight excluding hydrogens is 270 g/mol. The number of hydrogen-bond donors (Lipinski definition) is 0. The maximum Gasteiger partial charge on any atom is 0.122 e. The third-order valence-corrected chi connectivity index (χ3v) is 5.60. The third-order valence-electron chi connectivity index (χ3n) is 5.60. The van der Waals surface area contributed by atoms with E-state index >= 15 is 0 Å². The predicted octanol–water partition coefficient (Wildman–Crippen LogP) is 5.06. The van der Waals surface area contributed by atoms with Crippen LogP contribution in [0.1, 0.15) is 51.1 Å². The molecule has 1 saturated carbocycles. The summed E-state index contributed by atoms with van der Waals surface area (Å²) in [6.07, 6.45) is 19.1. The van der Waals surface area contributed by atoms with Crippen LogP contribution in [0.4, 0.5) is 0 Å². The van der Waals surface area contributed by atoms with Crippen molar-refractivity contribution in [1.29, 1.82) is 0 Å². The monoisotopic (exact) mass is 297 g/mol. The van der Waals surface area contributed by atoms with Crippen molar-refractivity contribution in [2.45, 2.75) is 50.9 Å². The average Bonchev–Trinajstić information content (AvgIpc) is 2.62. The zero-order valence-electron chi connectivity index (χ0n) is 13.8. The molecule has 0 saturated heterocycles. The smallest absolute Gasteiger partial charge is 0.122 e. The molecule has 2 aliphatic rings. The molecule has 2 atom stereocenters. The van der Waals surface area contributed by atoms with Gasteiger partial charge in [0.25, 0.3) is 0 Å². The summed E-state index contributed by atoms with van der Waals surface area (Å²) in [7, 11) is 1.73. The number of allylic oxidation sites excluding steroid dienone is 4. The molecule has 118 valence electrons. The third kappa shape index (κ3) is 2.71. The van der Waals surface area contributed by atoms with E-state index in [1.54, 1.807) is 7.11 Å². The standard InChI is InChI=1S/C20H27NO/c1-3-20(19-15-17(22-2)12-14-21-19)13-8-7-11-18(20)16-9-5-4-6-10-16/h7-8,11-16,18H,3-6,9-10H2,1-2H3/t18?,20-/m0/s1. The Kier molecular flexibility index (Phi) is 4.66. The summed E-state index contributed by atoms with van der Waals surface area (Å²) < 4.78 is 5.43. The first-order valence-corrected chi connectivity index (χ1v) is 8.66. The number of hydrogen-bond acceptors (Lipinski definition) is 2. The number of rotatable bonds is 4. The van der Waals surface area contributed by atoms with E-state index in [4.69, 9.17) is 9.72 Å². The van der Waals surface area contributed by atoms with Gasteiger partial charge in [-0.15, -0.1) is 0 Å². The summed E-state index contributed by atoms with van der Waals surface area (Å²) in [5, 5.41) is 0. The Hall–Kier alpha value is -1.57. The van der Waals surface area contributed by atoms with Gasteiger partial charge in [-0.25, -0.2) is 0 Å². The number of methoxy groups -OCH3 is 1. The fraction of sp³-hybridized carbons (Fsp3) is 0.550. The van der Waals surface area contributed by atoms with E-state index in [-0.39, 0.29) is 5.41 Å². The summed E-state index contributed by atoms with van der Waals surface area (Å²) in [4.78, 5) is 4.73. The molecule has 2 aliphatic carbocycles. The predicted molar refractivity (Wildman–Crippen MR) is 91.1 cm³/mol. The van der Waals surface area contributed by atoms with E-state index < -0.39 is 0 Å². The van der Waals surface area contributed by atoms with E-state index in [2.05, 4.69) is 37.3 Å². The highest BCUT2D eigenvalue weighted by atomic mass is 16.5. The molecule has 1 heterocycles. The quantitative estimate of drug-likeness (QED) is 0.775. The van der Waals surface area contributed by atoms with Crippen LogP contribution >= 0.6 is 0 Å². The molecule has 0 radical (unpaired) electrons. The Bertz CT molecular complexity index is 557. The molecule has 22 heavy (non-hydrogen) atoms. The van der Waals surface area contributed by atoms with Crippen molar-refractivity contribution in [2.24, 2.45) is 11.8 Å². The lowest BCUT2D eigenvalue weighted by Crippen LogP contribution is -2.39. The van der Waals surface area contributed by atoms with Crippen molar-refractivity contribution < 1.29 is 4.74 Å². The van der Waals surface area contributed by atoms with Crippen LogP contribution in [0.3, 0.4) is 0 Å². The second-order valence-electron chi connectivity index (χ2n) is 6.64. The van der Waals surface area contributed by atoms with E-state index in [0.717, 1.165) is 23.8 Å². The molecule has 1 unspecified atom stereocenters. The molecular formula is C20H27NO. The Morgan fingerprint density at radius 3 is 2.77 bits per heavy atom. The first-order valence-electron chi connectivity index (χ1n) is 8.66. The van der Waals surface area contributed by atoms with Gasteiger partial charge in [-0.2, -0.15) is 0 Å². The van der Waals surface area contributed by atoms with Crippen LogP contribution in [0.25, 0.3) is 0 Å². The lowest BCUT2D eigenvalue weighted by atomic mass is 9.61. The first-order chi connectivity index (χ1) is 10.8. The minimum atomic E-state index is 0.0191. The molecule has 0 aromatic carbocycles. The molecule has 2 nitrogen and oxygen atoms in total. The van der Waals surface area contributed by atoms with Crippen LogP contribution < -0.4 is 4.74 Å². The lowest BCUT2D eigenvalue weighted by molar-refractivity contribution is 0.207. The van der Waals surface area contributed by atoms with Gasteiger partial charge in [-0.05, 0) is 37.2 Å². The van der Waals surface area contributed by atoms with Crippen LogP contribution in [0.5, 0.6) is 5.75 Å². The van der Waals surface area contributed by atoms with Crippen molar-refractivity contribution in [1.82, 2.24) is 4.98 Å². The van der Waals surface area contributed by atoms with Crippen LogP contribution in [0.15, 0.2) is 42.6 Å². The van der Waals surface area contributed by atoms with Gasteiger partial charge in [0.15, 0.2) is 0 Å². The van der Waals surface area contributed by atoms with Crippen LogP contribution in [-0.2, 0) is 5.41 Å². The SMILES string of the molecule is CC[C@]1(c2cc(OC)ccn2)C=CC=CC1C1CCCCC1. The molecule has 3 rings (SSSR count). The number of nitrogens with zero attached hydrogens (tertiary/aromatic N) is 1. The van der Waals surface area contributed by atoms with Gasteiger partial charge in [0.2, 0.25) is 0 Å². The molecule has 1 aromatic rings. The minimum Gasteiger partial charge on any atom is -0.497 e. The molecule has 2 heteroatoms. The fourth-order valence-corrected chi connectivity index (χ4v) is 4.35. The second kappa shape index (κ2) is 6.68. The zero-order chi connectivity index (χ0) is 15.4. The topological polar surface area (TPSA) is 22.1 Å². The van der Waals surface area contributed by atoms with Gasteiger partial charge >= 0.3 is 0 Å². The number of ether oxygens (including phenoxy) is 1. The van der Waals surface area contributed by atoms with Gasteiger partial charge in [-0.1, -0.05) is 50.5 Å². The summed E-state index contributed by atoms with van der Waals surface area (Å²) in [6.45, 7) is 2.29. The number of pyridine rings is 1. The normalized spacial score (nSPS) is 28.7. The molecule has 0 spiro atoms. The highest BCUT2D eigenvalue weighted by Crippen LogP contribution is 2.47. The van der Waals surface area contributed by atoms with Crippen LogP contribution in [0.2, 0.25) is 0 Å². The molecule has 0 aliphatic heterocycles. The number of aromatic nitrogens is 1. The lowest BCUT2D eigenvalue weighted by Gasteiger charge is -2.43. The maximum absolute atomic E-state index is 5.43. The molecule has 0 N–H and O–H groups in total. The van der Waals surface area contributed by atoms with Gasteiger partial charge < -0.3 is 4.74 Å². The summed E-state index contributed by atoms with van der Waals surface area (Å²) >= 11 is 0. The van der Waals surface area contributed by atoms with Crippen molar-refractivity contribution in [3.8, 4) is 5.75 Å². The molecule has 1 fully saturated rings. The average molecular weight is 297 g/mol. The first kappa shape index (κ1) is 15.3.